The average Bonchev–Trinajstić information content (AvgIpc) is 3.04. The average molecular weight is 336 g/mol. The topological polar surface area (TPSA) is 55.6 Å². The van der Waals surface area contributed by atoms with Crippen LogP contribution in [0.2, 0.25) is 0 Å². The maximum atomic E-state index is 12.6. The predicted octanol–water partition coefficient (Wildman–Crippen LogP) is 3.80. The molecule has 1 heterocycles. The van der Waals surface area contributed by atoms with Crippen LogP contribution in [0.5, 0.6) is 5.75 Å². The fraction of sp³-hybridized carbons (Fsp3) is 0.200. The summed E-state index contributed by atoms with van der Waals surface area (Å²) in [6, 6.07) is 19.1. The lowest BCUT2D eigenvalue weighted by Gasteiger charge is -2.16. The molecular formula is C20H20N2O3. The molecule has 3 aromatic rings. The molecule has 0 spiro atoms. The van der Waals surface area contributed by atoms with E-state index in [2.05, 4.69) is 4.98 Å². The van der Waals surface area contributed by atoms with Crippen LogP contribution in [0.15, 0.2) is 65.1 Å². The van der Waals surface area contributed by atoms with Gasteiger partial charge in [0.05, 0.1) is 6.54 Å². The second-order valence-electron chi connectivity index (χ2n) is 5.68. The second-order valence-corrected chi connectivity index (χ2v) is 5.68. The quantitative estimate of drug-likeness (QED) is 0.687. The van der Waals surface area contributed by atoms with Crippen LogP contribution in [0.25, 0.3) is 11.5 Å². The molecule has 5 nitrogen and oxygen atoms in total. The number of carbonyl (C=O) groups is 1. The number of hydrogen-bond donors (Lipinski definition) is 0. The largest absolute Gasteiger partial charge is 0.492 e. The minimum absolute atomic E-state index is 0.180. The Morgan fingerprint density at radius 1 is 1.08 bits per heavy atom. The Labute approximate surface area is 146 Å². The summed E-state index contributed by atoms with van der Waals surface area (Å²) >= 11 is 0. The molecule has 1 aromatic heterocycles. The predicted molar refractivity (Wildman–Crippen MR) is 95.6 cm³/mol. The zero-order valence-electron chi connectivity index (χ0n) is 14.3. The van der Waals surface area contributed by atoms with Crippen LogP contribution in [-0.4, -0.2) is 36.0 Å². The molecule has 0 aliphatic rings. The summed E-state index contributed by atoms with van der Waals surface area (Å²) in [7, 11) is 1.73. The molecule has 0 saturated heterocycles. The summed E-state index contributed by atoms with van der Waals surface area (Å²) in [5.41, 5.74) is 1.18. The Balaban J connectivity index is 1.63. The van der Waals surface area contributed by atoms with Crippen molar-refractivity contribution in [1.82, 2.24) is 9.88 Å². The maximum Gasteiger partial charge on any atom is 0.275 e. The van der Waals surface area contributed by atoms with E-state index < -0.39 is 0 Å². The SMILES string of the molecule is Cc1oc(-c2ccccc2)nc1C(=O)N(C)CCOc1ccccc1. The number of aromatic nitrogens is 1. The van der Waals surface area contributed by atoms with Crippen molar-refractivity contribution in [2.45, 2.75) is 6.92 Å². The number of likely N-dealkylation sites (N-methyl/N-ethyl adjacent to an activating group) is 1. The number of amides is 1. The first-order chi connectivity index (χ1) is 12.1. The molecule has 0 saturated carbocycles. The van der Waals surface area contributed by atoms with E-state index in [9.17, 15) is 4.79 Å². The third-order valence-corrected chi connectivity index (χ3v) is 3.81. The van der Waals surface area contributed by atoms with Crippen molar-refractivity contribution >= 4 is 5.91 Å². The van der Waals surface area contributed by atoms with Crippen LogP contribution in [0, 0.1) is 6.92 Å². The third-order valence-electron chi connectivity index (χ3n) is 3.81. The summed E-state index contributed by atoms with van der Waals surface area (Å²) < 4.78 is 11.3. The lowest BCUT2D eigenvalue weighted by molar-refractivity contribution is 0.0767. The lowest BCUT2D eigenvalue weighted by Crippen LogP contribution is -2.31. The van der Waals surface area contributed by atoms with Gasteiger partial charge in [-0.05, 0) is 31.2 Å². The number of rotatable bonds is 6. The Hall–Kier alpha value is -3.08. The van der Waals surface area contributed by atoms with Crippen molar-refractivity contribution in [3.05, 3.63) is 72.1 Å². The Kier molecular flexibility index (Phi) is 5.14. The van der Waals surface area contributed by atoms with Crippen LogP contribution in [0.1, 0.15) is 16.2 Å². The standard InChI is InChI=1S/C20H20N2O3/c1-15-18(21-19(25-15)16-9-5-3-6-10-16)20(23)22(2)13-14-24-17-11-7-4-8-12-17/h3-12H,13-14H2,1-2H3. The van der Waals surface area contributed by atoms with E-state index in [1.54, 1.807) is 18.9 Å². The van der Waals surface area contributed by atoms with Gasteiger partial charge in [-0.1, -0.05) is 36.4 Å². The molecule has 0 radical (unpaired) electrons. The number of oxazole rings is 1. The summed E-state index contributed by atoms with van der Waals surface area (Å²) in [5, 5.41) is 0. The van der Waals surface area contributed by atoms with Gasteiger partial charge in [-0.3, -0.25) is 4.79 Å². The van der Waals surface area contributed by atoms with Gasteiger partial charge in [-0.2, -0.15) is 0 Å². The number of hydrogen-bond acceptors (Lipinski definition) is 4. The molecule has 2 aromatic carbocycles. The van der Waals surface area contributed by atoms with Crippen molar-refractivity contribution in [3.8, 4) is 17.2 Å². The van der Waals surface area contributed by atoms with Gasteiger partial charge in [0.25, 0.3) is 5.91 Å². The van der Waals surface area contributed by atoms with Crippen LogP contribution in [-0.2, 0) is 0 Å². The summed E-state index contributed by atoms with van der Waals surface area (Å²) in [5.74, 6) is 1.57. The minimum atomic E-state index is -0.180. The summed E-state index contributed by atoms with van der Waals surface area (Å²) in [6.45, 7) is 2.62. The number of para-hydroxylation sites is 1. The number of ether oxygens (including phenoxy) is 1. The van der Waals surface area contributed by atoms with E-state index in [0.29, 0.717) is 30.5 Å². The number of benzene rings is 2. The van der Waals surface area contributed by atoms with Crippen LogP contribution >= 0.6 is 0 Å². The number of aryl methyl sites for hydroxylation is 1. The summed E-state index contributed by atoms with van der Waals surface area (Å²) in [6.07, 6.45) is 0. The van der Waals surface area contributed by atoms with Crippen molar-refractivity contribution < 1.29 is 13.9 Å². The van der Waals surface area contributed by atoms with E-state index in [1.807, 2.05) is 60.7 Å². The molecule has 0 fully saturated rings. The summed E-state index contributed by atoms with van der Waals surface area (Å²) in [4.78, 5) is 18.6. The van der Waals surface area contributed by atoms with Gasteiger partial charge >= 0.3 is 0 Å². The van der Waals surface area contributed by atoms with Crippen molar-refractivity contribution in [3.63, 3.8) is 0 Å². The van der Waals surface area contributed by atoms with E-state index in [1.165, 1.54) is 0 Å². The minimum Gasteiger partial charge on any atom is -0.492 e. The maximum absolute atomic E-state index is 12.6. The molecule has 0 N–H and O–H groups in total. The number of nitrogens with zero attached hydrogens (tertiary/aromatic N) is 2. The first-order valence-electron chi connectivity index (χ1n) is 8.11. The Morgan fingerprint density at radius 2 is 1.72 bits per heavy atom. The molecule has 0 aliphatic heterocycles. The van der Waals surface area contributed by atoms with Crippen LogP contribution in [0.4, 0.5) is 0 Å². The van der Waals surface area contributed by atoms with E-state index >= 15 is 0 Å². The van der Waals surface area contributed by atoms with Crippen molar-refractivity contribution in [2.24, 2.45) is 0 Å². The van der Waals surface area contributed by atoms with E-state index in [-0.39, 0.29) is 5.91 Å². The monoisotopic (exact) mass is 336 g/mol. The van der Waals surface area contributed by atoms with Gasteiger partial charge < -0.3 is 14.1 Å². The van der Waals surface area contributed by atoms with Gasteiger partial charge in [-0.15, -0.1) is 0 Å². The highest BCUT2D eigenvalue weighted by molar-refractivity contribution is 5.93. The normalized spacial score (nSPS) is 10.5. The molecule has 25 heavy (non-hydrogen) atoms. The second kappa shape index (κ2) is 7.66. The lowest BCUT2D eigenvalue weighted by atomic mass is 10.2. The van der Waals surface area contributed by atoms with Gasteiger partial charge in [0.15, 0.2) is 5.69 Å². The van der Waals surface area contributed by atoms with Crippen molar-refractivity contribution in [2.75, 3.05) is 20.2 Å². The highest BCUT2D eigenvalue weighted by atomic mass is 16.5. The molecule has 5 heteroatoms. The highest BCUT2D eigenvalue weighted by Crippen LogP contribution is 2.22. The Morgan fingerprint density at radius 3 is 2.40 bits per heavy atom. The first kappa shape index (κ1) is 16.8. The van der Waals surface area contributed by atoms with Crippen LogP contribution in [0.3, 0.4) is 0 Å². The molecule has 0 bridgehead atoms. The van der Waals surface area contributed by atoms with Gasteiger partial charge in [0.2, 0.25) is 5.89 Å². The molecule has 0 aliphatic carbocycles. The molecule has 1 amide bonds. The Bertz CT molecular complexity index is 829. The van der Waals surface area contributed by atoms with Gasteiger partial charge in [0.1, 0.15) is 18.1 Å². The molecule has 128 valence electrons. The highest BCUT2D eigenvalue weighted by Gasteiger charge is 2.21. The molecule has 0 unspecified atom stereocenters. The smallest absolute Gasteiger partial charge is 0.275 e. The fourth-order valence-electron chi connectivity index (χ4n) is 2.40. The van der Waals surface area contributed by atoms with Crippen LogP contribution < -0.4 is 4.74 Å². The molecule has 0 atom stereocenters. The molecular weight excluding hydrogens is 316 g/mol. The van der Waals surface area contributed by atoms with Crippen molar-refractivity contribution in [1.29, 1.82) is 0 Å². The van der Waals surface area contributed by atoms with Gasteiger partial charge in [-0.25, -0.2) is 4.98 Å². The van der Waals surface area contributed by atoms with E-state index in [4.69, 9.17) is 9.15 Å². The van der Waals surface area contributed by atoms with Gasteiger partial charge in [0, 0.05) is 12.6 Å². The first-order valence-corrected chi connectivity index (χ1v) is 8.11. The fourth-order valence-corrected chi connectivity index (χ4v) is 2.40. The zero-order valence-corrected chi connectivity index (χ0v) is 14.3. The molecule has 3 rings (SSSR count). The van der Waals surface area contributed by atoms with E-state index in [0.717, 1.165) is 11.3 Å². The number of carbonyl (C=O) groups excluding carboxylic acids is 1. The third kappa shape index (κ3) is 4.07. The zero-order chi connectivity index (χ0) is 17.6.